The minimum Gasteiger partial charge on any atom is -0.404 e. The Morgan fingerprint density at radius 2 is 2.10 bits per heavy atom. The summed E-state index contributed by atoms with van der Waals surface area (Å²) in [7, 11) is 0. The lowest BCUT2D eigenvalue weighted by Crippen LogP contribution is -2.20. The summed E-state index contributed by atoms with van der Waals surface area (Å²) in [5, 5.41) is 4.17. The van der Waals surface area contributed by atoms with Gasteiger partial charge in [-0.1, -0.05) is 15.9 Å². The molecule has 0 fully saturated rings. The van der Waals surface area contributed by atoms with Crippen LogP contribution in [0.5, 0.6) is 5.75 Å². The number of primary amides is 1. The second kappa shape index (κ2) is 7.03. The lowest BCUT2D eigenvalue weighted by molar-refractivity contribution is -0.274. The standard InChI is InChI=1S/C17H12BrF3N6O2/c18-9-2-4-12(29-17(19,20)21)11(5-9)25-27-15-10(14(26-27)16(22)28)3-1-8-6-23-7-24-13(8)15/h2,4-7,25H,1,3H2,(H2,22,28). The summed E-state index contributed by atoms with van der Waals surface area (Å²) < 4.78 is 42.9. The van der Waals surface area contributed by atoms with Gasteiger partial charge in [0.2, 0.25) is 0 Å². The maximum absolute atomic E-state index is 12.8. The minimum atomic E-state index is -4.88. The normalized spacial score (nSPS) is 12.8. The van der Waals surface area contributed by atoms with E-state index in [4.69, 9.17) is 5.73 Å². The van der Waals surface area contributed by atoms with Crippen LogP contribution < -0.4 is 15.9 Å². The van der Waals surface area contributed by atoms with E-state index in [0.717, 1.165) is 11.6 Å². The number of hydrogen-bond donors (Lipinski definition) is 2. The second-order valence-electron chi connectivity index (χ2n) is 6.15. The molecule has 150 valence electrons. The van der Waals surface area contributed by atoms with Crippen molar-refractivity contribution in [2.75, 3.05) is 5.43 Å². The number of anilines is 1. The molecule has 0 unspecified atom stereocenters. The fraction of sp³-hybridized carbons (Fsp3) is 0.176. The Kier molecular flexibility index (Phi) is 4.65. The number of amides is 1. The van der Waals surface area contributed by atoms with Gasteiger partial charge in [0.1, 0.15) is 12.0 Å². The van der Waals surface area contributed by atoms with Gasteiger partial charge in [0.25, 0.3) is 5.91 Å². The first-order valence-electron chi connectivity index (χ1n) is 8.26. The summed E-state index contributed by atoms with van der Waals surface area (Å²) in [6.45, 7) is 0. The van der Waals surface area contributed by atoms with Crippen molar-refractivity contribution in [2.45, 2.75) is 19.2 Å². The predicted molar refractivity (Wildman–Crippen MR) is 99.0 cm³/mol. The monoisotopic (exact) mass is 468 g/mol. The van der Waals surface area contributed by atoms with E-state index in [1.807, 2.05) is 0 Å². The zero-order valence-electron chi connectivity index (χ0n) is 14.5. The molecule has 0 atom stereocenters. The second-order valence-corrected chi connectivity index (χ2v) is 7.06. The van der Waals surface area contributed by atoms with Gasteiger partial charge >= 0.3 is 6.36 Å². The van der Waals surface area contributed by atoms with Gasteiger partial charge in [-0.05, 0) is 36.6 Å². The highest BCUT2D eigenvalue weighted by atomic mass is 79.9. The van der Waals surface area contributed by atoms with Gasteiger partial charge < -0.3 is 10.5 Å². The quantitative estimate of drug-likeness (QED) is 0.609. The molecule has 0 saturated heterocycles. The molecule has 0 spiro atoms. The lowest BCUT2D eigenvalue weighted by Gasteiger charge is -2.19. The van der Waals surface area contributed by atoms with Crippen LogP contribution in [0, 0.1) is 0 Å². The molecule has 0 bridgehead atoms. The number of ether oxygens (including phenoxy) is 1. The summed E-state index contributed by atoms with van der Waals surface area (Å²) in [6, 6.07) is 3.95. The summed E-state index contributed by atoms with van der Waals surface area (Å²) in [6.07, 6.45) is -0.864. The average molecular weight is 469 g/mol. The number of benzene rings is 1. The van der Waals surface area contributed by atoms with Crippen LogP contribution in [0.25, 0.3) is 11.4 Å². The molecule has 0 radical (unpaired) electrons. The molecule has 12 heteroatoms. The summed E-state index contributed by atoms with van der Waals surface area (Å²) in [4.78, 5) is 21.3. The molecule has 4 rings (SSSR count). The van der Waals surface area contributed by atoms with Crippen molar-refractivity contribution in [1.82, 2.24) is 19.9 Å². The number of hydrogen-bond acceptors (Lipinski definition) is 6. The number of nitrogens with zero attached hydrogens (tertiary/aromatic N) is 4. The van der Waals surface area contributed by atoms with E-state index < -0.39 is 18.0 Å². The Balaban J connectivity index is 1.84. The maximum Gasteiger partial charge on any atom is 0.573 e. The maximum atomic E-state index is 12.8. The van der Waals surface area contributed by atoms with Crippen molar-refractivity contribution in [1.29, 1.82) is 0 Å². The summed E-state index contributed by atoms with van der Waals surface area (Å²) in [5.74, 6) is -1.22. The number of carbonyl (C=O) groups is 1. The van der Waals surface area contributed by atoms with E-state index in [-0.39, 0.29) is 11.4 Å². The summed E-state index contributed by atoms with van der Waals surface area (Å²) >= 11 is 3.22. The Morgan fingerprint density at radius 1 is 1.31 bits per heavy atom. The Morgan fingerprint density at radius 3 is 2.83 bits per heavy atom. The predicted octanol–water partition coefficient (Wildman–Crippen LogP) is 3.07. The third-order valence-corrected chi connectivity index (χ3v) is 4.76. The number of aryl methyl sites for hydroxylation is 1. The number of aromatic nitrogens is 4. The van der Waals surface area contributed by atoms with Gasteiger partial charge in [-0.25, -0.2) is 9.97 Å². The number of halogens is 4. The number of fused-ring (bicyclic) bond motifs is 3. The molecule has 1 aliphatic rings. The Bertz CT molecular complexity index is 1120. The highest BCUT2D eigenvalue weighted by Crippen LogP contribution is 2.36. The molecular weight excluding hydrogens is 457 g/mol. The van der Waals surface area contributed by atoms with E-state index in [1.54, 1.807) is 6.20 Å². The number of rotatable bonds is 4. The molecule has 1 aromatic carbocycles. The van der Waals surface area contributed by atoms with E-state index in [9.17, 15) is 18.0 Å². The minimum absolute atomic E-state index is 0.0186. The fourth-order valence-corrected chi connectivity index (χ4v) is 3.50. The molecule has 1 aliphatic carbocycles. The molecule has 29 heavy (non-hydrogen) atoms. The molecular formula is C17H12BrF3N6O2. The first-order valence-corrected chi connectivity index (χ1v) is 9.05. The Labute approximate surface area is 170 Å². The molecule has 1 amide bonds. The van der Waals surface area contributed by atoms with Gasteiger partial charge in [0.05, 0.1) is 11.4 Å². The van der Waals surface area contributed by atoms with Crippen LogP contribution in [0.15, 0.2) is 35.2 Å². The molecule has 0 saturated carbocycles. The van der Waals surface area contributed by atoms with Gasteiger partial charge in [0.15, 0.2) is 11.4 Å². The van der Waals surface area contributed by atoms with E-state index in [0.29, 0.717) is 34.3 Å². The van der Waals surface area contributed by atoms with Crippen LogP contribution in [0.2, 0.25) is 0 Å². The van der Waals surface area contributed by atoms with Crippen molar-refractivity contribution >= 4 is 27.5 Å². The smallest absolute Gasteiger partial charge is 0.404 e. The van der Waals surface area contributed by atoms with Crippen molar-refractivity contribution in [3.63, 3.8) is 0 Å². The van der Waals surface area contributed by atoms with Crippen LogP contribution in [-0.2, 0) is 12.8 Å². The molecule has 0 aliphatic heterocycles. The third-order valence-electron chi connectivity index (χ3n) is 4.27. The van der Waals surface area contributed by atoms with Crippen molar-refractivity contribution < 1.29 is 22.7 Å². The number of nitrogens with one attached hydrogen (secondary N) is 1. The van der Waals surface area contributed by atoms with Crippen molar-refractivity contribution in [2.24, 2.45) is 5.73 Å². The van der Waals surface area contributed by atoms with Crippen LogP contribution in [-0.4, -0.2) is 32.1 Å². The van der Waals surface area contributed by atoms with E-state index in [2.05, 4.69) is 41.2 Å². The van der Waals surface area contributed by atoms with Gasteiger partial charge in [0, 0.05) is 16.2 Å². The number of nitrogens with two attached hydrogens (primary N) is 1. The van der Waals surface area contributed by atoms with Crippen molar-refractivity contribution in [3.8, 4) is 17.1 Å². The largest absolute Gasteiger partial charge is 0.573 e. The van der Waals surface area contributed by atoms with Gasteiger partial charge in [-0.2, -0.15) is 4.79 Å². The third kappa shape index (κ3) is 3.75. The first-order chi connectivity index (χ1) is 13.7. The SMILES string of the molecule is NC(=O)c1nn(Nc2cc(Br)ccc2OC(F)(F)F)c2c1CCc1cncnc1-2. The van der Waals surface area contributed by atoms with Crippen LogP contribution >= 0.6 is 15.9 Å². The van der Waals surface area contributed by atoms with E-state index in [1.165, 1.54) is 23.3 Å². The molecule has 3 aromatic rings. The van der Waals surface area contributed by atoms with Gasteiger partial charge in [-0.3, -0.25) is 10.2 Å². The first kappa shape index (κ1) is 19.2. The van der Waals surface area contributed by atoms with Crippen LogP contribution in [0.1, 0.15) is 21.6 Å². The highest BCUT2D eigenvalue weighted by molar-refractivity contribution is 9.10. The van der Waals surface area contributed by atoms with Crippen LogP contribution in [0.3, 0.4) is 0 Å². The molecule has 8 nitrogen and oxygen atoms in total. The fourth-order valence-electron chi connectivity index (χ4n) is 3.14. The highest BCUT2D eigenvalue weighted by Gasteiger charge is 2.33. The lowest BCUT2D eigenvalue weighted by atomic mass is 9.93. The molecule has 2 aromatic heterocycles. The number of alkyl halides is 3. The zero-order chi connectivity index (χ0) is 20.8. The Hall–Kier alpha value is -3.15. The zero-order valence-corrected chi connectivity index (χ0v) is 16.1. The molecule has 2 heterocycles. The van der Waals surface area contributed by atoms with Crippen molar-refractivity contribution in [3.05, 3.63) is 52.0 Å². The summed E-state index contributed by atoms with van der Waals surface area (Å²) in [5.41, 5.74) is 10.5. The van der Waals surface area contributed by atoms with Gasteiger partial charge in [-0.15, -0.1) is 18.3 Å². The topological polar surface area (TPSA) is 108 Å². The van der Waals surface area contributed by atoms with E-state index >= 15 is 0 Å². The number of carbonyl (C=O) groups excluding carboxylic acids is 1. The molecule has 3 N–H and O–H groups in total. The average Bonchev–Trinajstić information content (AvgIpc) is 3.02. The van der Waals surface area contributed by atoms with Crippen LogP contribution in [0.4, 0.5) is 18.9 Å².